The summed E-state index contributed by atoms with van der Waals surface area (Å²) >= 11 is 13.9. The molecule has 0 fully saturated rings. The van der Waals surface area contributed by atoms with Gasteiger partial charge >= 0.3 is 0 Å². The molecule has 0 amide bonds. The molecule has 20 heavy (non-hydrogen) atoms. The number of nitro benzene ring substituents is 1. The normalized spacial score (nSPS) is 10.6. The van der Waals surface area contributed by atoms with Crippen LogP contribution in [0.15, 0.2) is 12.1 Å². The van der Waals surface area contributed by atoms with Gasteiger partial charge in [-0.15, -0.1) is 0 Å². The molecule has 1 aromatic carbocycles. The van der Waals surface area contributed by atoms with Crippen molar-refractivity contribution in [2.45, 2.75) is 25.7 Å². The summed E-state index contributed by atoms with van der Waals surface area (Å²) in [4.78, 5) is 10.2. The third-order valence-electron chi connectivity index (χ3n) is 2.81. The lowest BCUT2D eigenvalue weighted by Gasteiger charge is -2.10. The Hall–Kier alpha value is -0.650. The molecule has 1 N–H and O–H groups in total. The Kier molecular flexibility index (Phi) is 8.11. The lowest BCUT2D eigenvalue weighted by molar-refractivity contribution is -0.384. The minimum absolute atomic E-state index is 0.0948. The number of hydrogen-bond donors (Lipinski definition) is 1. The van der Waals surface area contributed by atoms with Crippen LogP contribution in [0.3, 0.4) is 0 Å². The van der Waals surface area contributed by atoms with E-state index < -0.39 is 4.92 Å². The van der Waals surface area contributed by atoms with E-state index >= 15 is 0 Å². The molecular weight excluding hydrogens is 319 g/mol. The van der Waals surface area contributed by atoms with Crippen LogP contribution in [0.4, 0.5) is 11.4 Å². The molecule has 0 bridgehead atoms. The molecule has 0 atom stereocenters. The molecule has 0 unspecified atom stereocenters. The van der Waals surface area contributed by atoms with Gasteiger partial charge in [0.25, 0.3) is 5.69 Å². The summed E-state index contributed by atoms with van der Waals surface area (Å²) in [6, 6.07) is 2.63. The zero-order valence-corrected chi connectivity index (χ0v) is 13.7. The molecule has 0 aromatic heterocycles. The quantitative estimate of drug-likeness (QED) is 0.380. The van der Waals surface area contributed by atoms with Crippen LogP contribution >= 0.6 is 35.0 Å². The highest BCUT2D eigenvalue weighted by atomic mass is 35.5. The highest BCUT2D eigenvalue weighted by molar-refractivity contribution is 7.98. The van der Waals surface area contributed by atoms with Crippen molar-refractivity contribution in [3.8, 4) is 0 Å². The minimum atomic E-state index is -0.507. The van der Waals surface area contributed by atoms with E-state index in [4.69, 9.17) is 23.2 Å². The molecule has 0 aliphatic heterocycles. The molecule has 112 valence electrons. The Morgan fingerprint density at radius 3 is 2.35 bits per heavy atom. The molecule has 4 nitrogen and oxygen atoms in total. The zero-order chi connectivity index (χ0) is 15.0. The highest BCUT2D eigenvalue weighted by Crippen LogP contribution is 2.34. The standard InChI is InChI=1S/C13H18Cl2N2O2S/c1-20-7-5-3-2-4-6-16-13-11(14)8-10(17(18)19)9-12(13)15/h8-9,16H,2-7H2,1H3. The van der Waals surface area contributed by atoms with E-state index in [1.54, 1.807) is 0 Å². The fourth-order valence-corrected chi connectivity index (χ4v) is 2.87. The Bertz CT molecular complexity index is 435. The number of thioether (sulfide) groups is 1. The molecule has 0 spiro atoms. The molecule has 0 aliphatic rings. The maximum atomic E-state index is 10.7. The van der Waals surface area contributed by atoms with Crippen LogP contribution in [0.1, 0.15) is 25.7 Å². The maximum absolute atomic E-state index is 10.7. The fraction of sp³-hybridized carbons (Fsp3) is 0.538. The number of anilines is 1. The predicted molar refractivity (Wildman–Crippen MR) is 88.5 cm³/mol. The smallest absolute Gasteiger partial charge is 0.272 e. The van der Waals surface area contributed by atoms with Gasteiger partial charge in [0, 0.05) is 18.7 Å². The van der Waals surface area contributed by atoms with E-state index in [9.17, 15) is 10.1 Å². The zero-order valence-electron chi connectivity index (χ0n) is 11.3. The third-order valence-corrected chi connectivity index (χ3v) is 4.11. The highest BCUT2D eigenvalue weighted by Gasteiger charge is 2.13. The van der Waals surface area contributed by atoms with Crippen molar-refractivity contribution >= 4 is 46.3 Å². The number of unbranched alkanes of at least 4 members (excludes halogenated alkanes) is 3. The van der Waals surface area contributed by atoms with Crippen molar-refractivity contribution < 1.29 is 4.92 Å². The van der Waals surface area contributed by atoms with Gasteiger partial charge in [0.15, 0.2) is 0 Å². The molecular formula is C13H18Cl2N2O2S. The van der Waals surface area contributed by atoms with Gasteiger partial charge in [-0.25, -0.2) is 0 Å². The Balaban J connectivity index is 2.42. The largest absolute Gasteiger partial charge is 0.383 e. The average molecular weight is 337 g/mol. The third kappa shape index (κ3) is 5.77. The summed E-state index contributed by atoms with van der Waals surface area (Å²) in [5.41, 5.74) is 0.477. The van der Waals surface area contributed by atoms with Crippen molar-refractivity contribution in [2.75, 3.05) is 23.9 Å². The lowest BCUT2D eigenvalue weighted by atomic mass is 10.2. The topological polar surface area (TPSA) is 55.2 Å². The molecule has 1 aromatic rings. The summed E-state index contributed by atoms with van der Waals surface area (Å²) in [6.45, 7) is 0.760. The number of nitrogens with zero attached hydrogens (tertiary/aromatic N) is 1. The summed E-state index contributed by atoms with van der Waals surface area (Å²) in [5, 5.41) is 14.4. The first-order valence-electron chi connectivity index (χ1n) is 6.42. The van der Waals surface area contributed by atoms with Gasteiger partial charge < -0.3 is 5.32 Å². The number of hydrogen-bond acceptors (Lipinski definition) is 4. The second-order valence-corrected chi connectivity index (χ2v) is 6.18. The van der Waals surface area contributed by atoms with Crippen LogP contribution in [0.5, 0.6) is 0 Å². The minimum Gasteiger partial charge on any atom is -0.383 e. The number of halogens is 2. The second kappa shape index (κ2) is 9.32. The van der Waals surface area contributed by atoms with E-state index in [1.807, 2.05) is 11.8 Å². The number of non-ortho nitro benzene ring substituents is 1. The lowest BCUT2D eigenvalue weighted by Crippen LogP contribution is -2.03. The number of nitrogens with one attached hydrogen (secondary N) is 1. The van der Waals surface area contributed by atoms with Gasteiger partial charge in [-0.05, 0) is 24.9 Å². The predicted octanol–water partition coefficient (Wildman–Crippen LogP) is 5.24. The maximum Gasteiger partial charge on any atom is 0.272 e. The molecule has 0 saturated heterocycles. The Morgan fingerprint density at radius 1 is 1.20 bits per heavy atom. The van der Waals surface area contributed by atoms with Crippen LogP contribution in [0.2, 0.25) is 10.0 Å². The second-order valence-electron chi connectivity index (χ2n) is 4.38. The first-order chi connectivity index (χ1) is 9.56. The first kappa shape index (κ1) is 17.4. The van der Waals surface area contributed by atoms with Crippen LogP contribution in [-0.4, -0.2) is 23.5 Å². The SMILES string of the molecule is CSCCCCCCNc1c(Cl)cc([N+](=O)[O-])cc1Cl. The Morgan fingerprint density at radius 2 is 1.80 bits per heavy atom. The van der Waals surface area contributed by atoms with Gasteiger partial charge in [-0.3, -0.25) is 10.1 Å². The van der Waals surface area contributed by atoms with Gasteiger partial charge in [0.2, 0.25) is 0 Å². The van der Waals surface area contributed by atoms with Crippen LogP contribution < -0.4 is 5.32 Å². The van der Waals surface area contributed by atoms with Crippen molar-refractivity contribution in [1.82, 2.24) is 0 Å². The van der Waals surface area contributed by atoms with Crippen LogP contribution in [-0.2, 0) is 0 Å². The van der Waals surface area contributed by atoms with Gasteiger partial charge in [0.1, 0.15) is 0 Å². The molecule has 0 heterocycles. The molecule has 0 aliphatic carbocycles. The van der Waals surface area contributed by atoms with Crippen LogP contribution in [0, 0.1) is 10.1 Å². The molecule has 0 radical (unpaired) electrons. The Labute approximate surface area is 133 Å². The van der Waals surface area contributed by atoms with Crippen molar-refractivity contribution in [1.29, 1.82) is 0 Å². The summed E-state index contributed by atoms with van der Waals surface area (Å²) in [7, 11) is 0. The van der Waals surface area contributed by atoms with Gasteiger partial charge in [0.05, 0.1) is 20.7 Å². The first-order valence-corrected chi connectivity index (χ1v) is 8.57. The van der Waals surface area contributed by atoms with Crippen molar-refractivity contribution in [3.05, 3.63) is 32.3 Å². The van der Waals surface area contributed by atoms with E-state index in [-0.39, 0.29) is 15.7 Å². The number of nitro groups is 1. The number of benzene rings is 1. The molecule has 7 heteroatoms. The molecule has 1 rings (SSSR count). The van der Waals surface area contributed by atoms with Gasteiger partial charge in [-0.1, -0.05) is 36.0 Å². The van der Waals surface area contributed by atoms with Crippen LogP contribution in [0.25, 0.3) is 0 Å². The van der Waals surface area contributed by atoms with E-state index in [0.29, 0.717) is 5.69 Å². The van der Waals surface area contributed by atoms with Crippen molar-refractivity contribution in [2.24, 2.45) is 0 Å². The summed E-state index contributed by atoms with van der Waals surface area (Å²) < 4.78 is 0. The summed E-state index contributed by atoms with van der Waals surface area (Å²) in [5.74, 6) is 1.20. The van der Waals surface area contributed by atoms with Gasteiger partial charge in [-0.2, -0.15) is 11.8 Å². The van der Waals surface area contributed by atoms with E-state index in [2.05, 4.69) is 11.6 Å². The average Bonchev–Trinajstić information content (AvgIpc) is 2.40. The number of rotatable bonds is 9. The monoisotopic (exact) mass is 336 g/mol. The van der Waals surface area contributed by atoms with E-state index in [1.165, 1.54) is 30.7 Å². The fourth-order valence-electron chi connectivity index (χ4n) is 1.77. The summed E-state index contributed by atoms with van der Waals surface area (Å²) in [6.07, 6.45) is 6.73. The molecule has 0 saturated carbocycles. The van der Waals surface area contributed by atoms with Crippen molar-refractivity contribution in [3.63, 3.8) is 0 Å². The van der Waals surface area contributed by atoms with E-state index in [0.717, 1.165) is 19.4 Å².